The minimum atomic E-state index is -0.774. The number of rotatable bonds is 67. The molecule has 0 aliphatic carbocycles. The van der Waals surface area contributed by atoms with Gasteiger partial charge in [-0.3, -0.25) is 14.4 Å². The van der Waals surface area contributed by atoms with E-state index in [1.807, 2.05) is 0 Å². The minimum absolute atomic E-state index is 0.0703. The summed E-state index contributed by atoms with van der Waals surface area (Å²) in [4.78, 5) is 38.4. The molecular formula is C76H138O6. The molecule has 0 N–H and O–H groups in total. The van der Waals surface area contributed by atoms with Gasteiger partial charge in [0, 0.05) is 19.3 Å². The lowest BCUT2D eigenvalue weighted by Gasteiger charge is -2.18. The number of esters is 3. The quantitative estimate of drug-likeness (QED) is 0.0261. The zero-order valence-corrected chi connectivity index (χ0v) is 55.0. The fraction of sp³-hybridized carbons (Fsp3) is 0.829. The van der Waals surface area contributed by atoms with Crippen LogP contribution in [0, 0.1) is 0 Å². The first-order valence-electron chi connectivity index (χ1n) is 36.3. The van der Waals surface area contributed by atoms with Crippen LogP contribution in [-0.4, -0.2) is 37.2 Å². The SMILES string of the molecule is CC/C=C\C/C=C\C/C=C\C/C=C\CCCCCCCCCCCCCCCCCCCCCCCCC(=O)OCC(COC(=O)CCCCCCCCCCCCCCC)OC(=O)CCCCCCC/C=C\CCCCCCCCC. The third kappa shape index (κ3) is 67.9. The minimum Gasteiger partial charge on any atom is -0.462 e. The highest BCUT2D eigenvalue weighted by atomic mass is 16.6. The van der Waals surface area contributed by atoms with Gasteiger partial charge in [0.15, 0.2) is 6.10 Å². The summed E-state index contributed by atoms with van der Waals surface area (Å²) in [7, 11) is 0. The maximum atomic E-state index is 12.9. The maximum Gasteiger partial charge on any atom is 0.306 e. The second kappa shape index (κ2) is 70.6. The highest BCUT2D eigenvalue weighted by Gasteiger charge is 2.19. The van der Waals surface area contributed by atoms with Crippen molar-refractivity contribution < 1.29 is 28.6 Å². The molecule has 82 heavy (non-hydrogen) atoms. The van der Waals surface area contributed by atoms with Crippen LogP contribution in [0.25, 0.3) is 0 Å². The Hall–Kier alpha value is -2.89. The van der Waals surface area contributed by atoms with E-state index < -0.39 is 6.10 Å². The number of hydrogen-bond acceptors (Lipinski definition) is 6. The van der Waals surface area contributed by atoms with E-state index in [0.29, 0.717) is 19.3 Å². The molecule has 0 amide bonds. The van der Waals surface area contributed by atoms with E-state index >= 15 is 0 Å². The summed E-state index contributed by atoms with van der Waals surface area (Å²) < 4.78 is 17.0. The highest BCUT2D eigenvalue weighted by Crippen LogP contribution is 2.18. The molecular weight excluding hydrogens is 1010 g/mol. The topological polar surface area (TPSA) is 78.9 Å². The van der Waals surface area contributed by atoms with Crippen LogP contribution in [0.3, 0.4) is 0 Å². The number of carbonyl (C=O) groups excluding carboxylic acids is 3. The Bertz CT molecular complexity index is 1460. The number of allylic oxidation sites excluding steroid dienone is 10. The molecule has 0 rings (SSSR count). The summed E-state index contributed by atoms with van der Waals surface area (Å²) in [5.74, 6) is -0.852. The van der Waals surface area contributed by atoms with E-state index in [2.05, 4.69) is 81.5 Å². The molecule has 0 saturated heterocycles. The van der Waals surface area contributed by atoms with Gasteiger partial charge in [-0.2, -0.15) is 0 Å². The highest BCUT2D eigenvalue weighted by molar-refractivity contribution is 5.71. The maximum absolute atomic E-state index is 12.9. The third-order valence-electron chi connectivity index (χ3n) is 16.3. The Labute approximate surface area is 510 Å². The van der Waals surface area contributed by atoms with E-state index in [0.717, 1.165) is 89.9 Å². The lowest BCUT2D eigenvalue weighted by atomic mass is 10.0. The first kappa shape index (κ1) is 79.1. The van der Waals surface area contributed by atoms with E-state index in [4.69, 9.17) is 14.2 Å². The van der Waals surface area contributed by atoms with Crippen LogP contribution in [-0.2, 0) is 28.6 Å². The van der Waals surface area contributed by atoms with Gasteiger partial charge >= 0.3 is 17.9 Å². The summed E-state index contributed by atoms with van der Waals surface area (Å²) in [6.45, 7) is 6.58. The summed E-state index contributed by atoms with van der Waals surface area (Å²) in [5.41, 5.74) is 0. The van der Waals surface area contributed by atoms with Gasteiger partial charge in [0.1, 0.15) is 13.2 Å². The first-order valence-corrected chi connectivity index (χ1v) is 36.3. The molecule has 0 bridgehead atoms. The second-order valence-electron chi connectivity index (χ2n) is 24.5. The summed E-state index contributed by atoms with van der Waals surface area (Å²) in [6.07, 6.45) is 91.3. The summed E-state index contributed by atoms with van der Waals surface area (Å²) in [5, 5.41) is 0. The van der Waals surface area contributed by atoms with Crippen molar-refractivity contribution in [3.8, 4) is 0 Å². The van der Waals surface area contributed by atoms with E-state index in [1.54, 1.807) is 0 Å². The molecule has 0 aromatic heterocycles. The van der Waals surface area contributed by atoms with Crippen LogP contribution in [0.4, 0.5) is 0 Å². The van der Waals surface area contributed by atoms with Gasteiger partial charge in [0.2, 0.25) is 0 Å². The lowest BCUT2D eigenvalue weighted by molar-refractivity contribution is -0.167. The molecule has 0 aliphatic rings. The number of carbonyl (C=O) groups is 3. The molecule has 0 aromatic carbocycles. The van der Waals surface area contributed by atoms with Crippen LogP contribution in [0.15, 0.2) is 60.8 Å². The molecule has 0 aliphatic heterocycles. The monoisotopic (exact) mass is 1150 g/mol. The van der Waals surface area contributed by atoms with Gasteiger partial charge in [0.25, 0.3) is 0 Å². The molecule has 0 aromatic rings. The van der Waals surface area contributed by atoms with Crippen molar-refractivity contribution in [2.45, 2.75) is 393 Å². The van der Waals surface area contributed by atoms with Crippen LogP contribution in [0.1, 0.15) is 387 Å². The fourth-order valence-corrected chi connectivity index (χ4v) is 10.8. The standard InChI is InChI=1S/C76H138O6/c1-4-7-10-13-16-19-22-25-27-29-30-31-32-33-34-35-36-37-38-39-40-41-42-43-44-45-46-47-49-51-54-57-60-63-66-69-75(78)81-72-73(71-80-74(77)68-65-62-59-56-53-50-24-21-18-15-12-9-6-3)82-76(79)70-67-64-61-58-55-52-48-28-26-23-20-17-14-11-8-5-2/h7,10,16,19,25,27-28,30-31,48,73H,4-6,8-9,11-15,17-18,20-24,26,29,32-47,49-72H2,1-3H3/b10-7-,19-16-,27-25-,31-30-,48-28-. The van der Waals surface area contributed by atoms with E-state index in [-0.39, 0.29) is 31.1 Å². The van der Waals surface area contributed by atoms with Crippen molar-refractivity contribution in [1.29, 1.82) is 0 Å². The molecule has 1 unspecified atom stereocenters. The molecule has 6 heteroatoms. The van der Waals surface area contributed by atoms with Crippen LogP contribution >= 0.6 is 0 Å². The van der Waals surface area contributed by atoms with Gasteiger partial charge in [-0.05, 0) is 83.5 Å². The van der Waals surface area contributed by atoms with Gasteiger partial charge in [-0.1, -0.05) is 345 Å². The average molecular weight is 1150 g/mol. The zero-order valence-electron chi connectivity index (χ0n) is 55.0. The molecule has 6 nitrogen and oxygen atoms in total. The first-order chi connectivity index (χ1) is 40.5. The van der Waals surface area contributed by atoms with Crippen molar-refractivity contribution in [3.63, 3.8) is 0 Å². The average Bonchev–Trinajstić information content (AvgIpc) is 3.47. The Kier molecular flexibility index (Phi) is 68.1. The zero-order chi connectivity index (χ0) is 59.2. The largest absolute Gasteiger partial charge is 0.462 e. The summed E-state index contributed by atoms with van der Waals surface area (Å²) >= 11 is 0. The van der Waals surface area contributed by atoms with Gasteiger partial charge in [0.05, 0.1) is 0 Å². The smallest absolute Gasteiger partial charge is 0.306 e. The van der Waals surface area contributed by atoms with Gasteiger partial charge in [-0.25, -0.2) is 0 Å². The fourth-order valence-electron chi connectivity index (χ4n) is 10.8. The Morgan fingerprint density at radius 3 is 0.756 bits per heavy atom. The third-order valence-corrected chi connectivity index (χ3v) is 16.3. The van der Waals surface area contributed by atoms with Crippen molar-refractivity contribution in [2.75, 3.05) is 13.2 Å². The lowest BCUT2D eigenvalue weighted by Crippen LogP contribution is -2.30. The van der Waals surface area contributed by atoms with Crippen LogP contribution in [0.5, 0.6) is 0 Å². The van der Waals surface area contributed by atoms with E-state index in [9.17, 15) is 14.4 Å². The summed E-state index contributed by atoms with van der Waals surface area (Å²) in [6, 6.07) is 0. The Morgan fingerprint density at radius 2 is 0.476 bits per heavy atom. The van der Waals surface area contributed by atoms with Crippen molar-refractivity contribution in [3.05, 3.63) is 60.8 Å². The predicted octanol–water partition coefficient (Wildman–Crippen LogP) is 25.1. The number of ether oxygens (including phenoxy) is 3. The van der Waals surface area contributed by atoms with Gasteiger partial charge in [-0.15, -0.1) is 0 Å². The van der Waals surface area contributed by atoms with Crippen molar-refractivity contribution in [2.24, 2.45) is 0 Å². The normalized spacial score (nSPS) is 12.4. The van der Waals surface area contributed by atoms with Crippen LogP contribution in [0.2, 0.25) is 0 Å². The Balaban J connectivity index is 4.08. The molecule has 0 radical (unpaired) electrons. The molecule has 0 fully saturated rings. The molecule has 478 valence electrons. The molecule has 0 saturated carbocycles. The number of unbranched alkanes of at least 4 members (excludes halogenated alkanes) is 46. The van der Waals surface area contributed by atoms with Crippen molar-refractivity contribution in [1.82, 2.24) is 0 Å². The molecule has 0 spiro atoms. The molecule has 0 heterocycles. The second-order valence-corrected chi connectivity index (χ2v) is 24.5. The van der Waals surface area contributed by atoms with Crippen molar-refractivity contribution >= 4 is 17.9 Å². The molecule has 1 atom stereocenters. The number of hydrogen-bond donors (Lipinski definition) is 0. The van der Waals surface area contributed by atoms with E-state index in [1.165, 1.54) is 257 Å². The predicted molar refractivity (Wildman–Crippen MR) is 358 cm³/mol. The van der Waals surface area contributed by atoms with Crippen LogP contribution < -0.4 is 0 Å². The van der Waals surface area contributed by atoms with Gasteiger partial charge < -0.3 is 14.2 Å². The Morgan fingerprint density at radius 1 is 0.256 bits per heavy atom.